The van der Waals surface area contributed by atoms with Gasteiger partial charge in [-0.3, -0.25) is 4.68 Å². The molecule has 0 atom stereocenters. The quantitative estimate of drug-likeness (QED) is 0.731. The van der Waals surface area contributed by atoms with Gasteiger partial charge in [-0.1, -0.05) is 6.07 Å². The molecule has 0 amide bonds. The average molecular weight is 240 g/mol. The predicted molar refractivity (Wildman–Crippen MR) is 68.0 cm³/mol. The van der Waals surface area contributed by atoms with Gasteiger partial charge in [0.25, 0.3) is 0 Å². The summed E-state index contributed by atoms with van der Waals surface area (Å²) in [6.07, 6.45) is 7.09. The monoisotopic (exact) mass is 240 g/mol. The Morgan fingerprint density at radius 2 is 2.11 bits per heavy atom. The minimum atomic E-state index is 0.605. The fraction of sp³-hybridized carbons (Fsp3) is 0.0833. The molecule has 0 aliphatic carbocycles. The number of nitrogens with zero attached hydrogens (tertiary/aromatic N) is 5. The first kappa shape index (κ1) is 10.5. The van der Waals surface area contributed by atoms with Gasteiger partial charge in [-0.15, -0.1) is 0 Å². The van der Waals surface area contributed by atoms with Crippen LogP contribution in [0.4, 0.5) is 5.69 Å². The molecule has 0 bridgehead atoms. The lowest BCUT2D eigenvalue weighted by Crippen LogP contribution is -1.96. The van der Waals surface area contributed by atoms with E-state index in [0.717, 1.165) is 11.4 Å². The lowest BCUT2D eigenvalue weighted by molar-refractivity contribution is 0.768. The maximum Gasteiger partial charge on any atom is 0.153 e. The molecule has 0 unspecified atom stereocenters. The van der Waals surface area contributed by atoms with Crippen LogP contribution in [0.2, 0.25) is 0 Å². The second kappa shape index (κ2) is 3.99. The molecular formula is C12H12N6. The van der Waals surface area contributed by atoms with Gasteiger partial charge in [0.15, 0.2) is 5.82 Å². The topological polar surface area (TPSA) is 74.5 Å². The zero-order chi connectivity index (χ0) is 12.5. The largest absolute Gasteiger partial charge is 0.396 e. The van der Waals surface area contributed by atoms with E-state index in [1.54, 1.807) is 28.0 Å². The third-order valence-corrected chi connectivity index (χ3v) is 2.60. The van der Waals surface area contributed by atoms with Gasteiger partial charge in [0.05, 0.1) is 18.1 Å². The van der Waals surface area contributed by atoms with Crippen molar-refractivity contribution in [2.75, 3.05) is 5.73 Å². The molecule has 0 radical (unpaired) electrons. The smallest absolute Gasteiger partial charge is 0.153 e. The fourth-order valence-corrected chi connectivity index (χ4v) is 1.76. The molecule has 0 fully saturated rings. The molecule has 0 saturated heterocycles. The van der Waals surface area contributed by atoms with E-state index in [1.165, 1.54) is 0 Å². The van der Waals surface area contributed by atoms with Crippen molar-refractivity contribution in [1.29, 1.82) is 0 Å². The van der Waals surface area contributed by atoms with E-state index in [4.69, 9.17) is 5.73 Å². The summed E-state index contributed by atoms with van der Waals surface area (Å²) < 4.78 is 3.38. The standard InChI is InChI=1S/C12H12N6/c1-17-7-9(6-15-17)12-10(13)8-18(16-12)11-4-2-3-5-14-11/h2-8H,13H2,1H3. The van der Waals surface area contributed by atoms with Crippen LogP contribution in [0, 0.1) is 0 Å². The van der Waals surface area contributed by atoms with Gasteiger partial charge in [-0.05, 0) is 12.1 Å². The minimum absolute atomic E-state index is 0.605. The predicted octanol–water partition coefficient (Wildman–Crippen LogP) is 1.25. The van der Waals surface area contributed by atoms with Gasteiger partial charge in [0, 0.05) is 25.0 Å². The van der Waals surface area contributed by atoms with E-state index in [-0.39, 0.29) is 0 Å². The average Bonchev–Trinajstić information content (AvgIpc) is 2.97. The van der Waals surface area contributed by atoms with Crippen molar-refractivity contribution in [3.8, 4) is 17.1 Å². The molecule has 3 aromatic rings. The van der Waals surface area contributed by atoms with Crippen molar-refractivity contribution in [1.82, 2.24) is 24.5 Å². The third-order valence-electron chi connectivity index (χ3n) is 2.60. The van der Waals surface area contributed by atoms with Crippen molar-refractivity contribution in [3.05, 3.63) is 43.0 Å². The highest BCUT2D eigenvalue weighted by Crippen LogP contribution is 2.24. The van der Waals surface area contributed by atoms with Crippen LogP contribution in [0.25, 0.3) is 17.1 Å². The zero-order valence-corrected chi connectivity index (χ0v) is 9.85. The number of nitrogens with two attached hydrogens (primary N) is 1. The molecule has 90 valence electrons. The van der Waals surface area contributed by atoms with E-state index >= 15 is 0 Å². The molecule has 3 aromatic heterocycles. The van der Waals surface area contributed by atoms with Crippen LogP contribution in [0.15, 0.2) is 43.0 Å². The molecule has 18 heavy (non-hydrogen) atoms. The van der Waals surface area contributed by atoms with Gasteiger partial charge in [-0.25, -0.2) is 9.67 Å². The molecule has 0 aromatic carbocycles. The molecule has 6 nitrogen and oxygen atoms in total. The van der Waals surface area contributed by atoms with Crippen molar-refractivity contribution in [3.63, 3.8) is 0 Å². The number of hydrogen-bond acceptors (Lipinski definition) is 4. The maximum absolute atomic E-state index is 5.97. The molecular weight excluding hydrogens is 228 g/mol. The lowest BCUT2D eigenvalue weighted by atomic mass is 10.2. The minimum Gasteiger partial charge on any atom is -0.396 e. The van der Waals surface area contributed by atoms with Crippen LogP contribution in [0.5, 0.6) is 0 Å². The Balaban J connectivity index is 2.06. The Morgan fingerprint density at radius 3 is 2.78 bits per heavy atom. The summed E-state index contributed by atoms with van der Waals surface area (Å²) in [7, 11) is 1.86. The van der Waals surface area contributed by atoms with Crippen molar-refractivity contribution >= 4 is 5.69 Å². The fourth-order valence-electron chi connectivity index (χ4n) is 1.76. The summed E-state index contributed by atoms with van der Waals surface area (Å²) in [5.74, 6) is 0.736. The summed E-state index contributed by atoms with van der Waals surface area (Å²) in [6.45, 7) is 0. The number of pyridine rings is 1. The molecule has 3 heterocycles. The molecule has 6 heteroatoms. The van der Waals surface area contributed by atoms with Gasteiger partial charge in [0.1, 0.15) is 5.69 Å². The van der Waals surface area contributed by atoms with E-state index < -0.39 is 0 Å². The van der Waals surface area contributed by atoms with Crippen LogP contribution in [0.1, 0.15) is 0 Å². The van der Waals surface area contributed by atoms with Crippen LogP contribution in [-0.4, -0.2) is 24.5 Å². The first-order chi connectivity index (χ1) is 8.74. The van der Waals surface area contributed by atoms with E-state index in [1.807, 2.05) is 31.4 Å². The molecule has 0 saturated carbocycles. The Kier molecular flexibility index (Phi) is 2.33. The van der Waals surface area contributed by atoms with Gasteiger partial charge < -0.3 is 5.73 Å². The summed E-state index contributed by atoms with van der Waals surface area (Å²) in [5, 5.41) is 8.55. The summed E-state index contributed by atoms with van der Waals surface area (Å²) >= 11 is 0. The number of anilines is 1. The van der Waals surface area contributed by atoms with E-state index in [0.29, 0.717) is 11.4 Å². The van der Waals surface area contributed by atoms with Crippen molar-refractivity contribution in [2.45, 2.75) is 0 Å². The van der Waals surface area contributed by atoms with E-state index in [2.05, 4.69) is 15.2 Å². The summed E-state index contributed by atoms with van der Waals surface area (Å²) in [5.41, 5.74) is 8.19. The van der Waals surface area contributed by atoms with Crippen LogP contribution in [0.3, 0.4) is 0 Å². The molecule has 0 aliphatic heterocycles. The summed E-state index contributed by atoms with van der Waals surface area (Å²) in [6, 6.07) is 5.64. The Hall–Kier alpha value is -2.63. The Morgan fingerprint density at radius 1 is 1.22 bits per heavy atom. The molecule has 2 N–H and O–H groups in total. The number of hydrogen-bond donors (Lipinski definition) is 1. The van der Waals surface area contributed by atoms with Crippen LogP contribution in [-0.2, 0) is 7.05 Å². The van der Waals surface area contributed by atoms with Gasteiger partial charge >= 0.3 is 0 Å². The zero-order valence-electron chi connectivity index (χ0n) is 9.85. The van der Waals surface area contributed by atoms with Gasteiger partial charge in [0.2, 0.25) is 0 Å². The van der Waals surface area contributed by atoms with Crippen LogP contribution < -0.4 is 5.73 Å². The lowest BCUT2D eigenvalue weighted by Gasteiger charge is -1.97. The Bertz CT molecular complexity index is 667. The van der Waals surface area contributed by atoms with Crippen LogP contribution >= 0.6 is 0 Å². The second-order valence-corrected chi connectivity index (χ2v) is 3.97. The number of aryl methyl sites for hydroxylation is 1. The highest BCUT2D eigenvalue weighted by Gasteiger charge is 2.11. The number of rotatable bonds is 2. The van der Waals surface area contributed by atoms with E-state index in [9.17, 15) is 0 Å². The molecule has 0 spiro atoms. The SMILES string of the molecule is Cn1cc(-c2nn(-c3ccccn3)cc2N)cn1. The number of aromatic nitrogens is 5. The molecule has 0 aliphatic rings. The normalized spacial score (nSPS) is 10.7. The van der Waals surface area contributed by atoms with Crippen molar-refractivity contribution in [2.24, 2.45) is 7.05 Å². The highest BCUT2D eigenvalue weighted by molar-refractivity contribution is 5.71. The van der Waals surface area contributed by atoms with Crippen molar-refractivity contribution < 1.29 is 0 Å². The van der Waals surface area contributed by atoms with Gasteiger partial charge in [-0.2, -0.15) is 10.2 Å². The second-order valence-electron chi connectivity index (χ2n) is 3.97. The molecule has 3 rings (SSSR count). The third kappa shape index (κ3) is 1.73. The number of nitrogen functional groups attached to an aromatic ring is 1. The first-order valence-electron chi connectivity index (χ1n) is 5.49. The Labute approximate surface area is 104 Å². The first-order valence-corrected chi connectivity index (χ1v) is 5.49. The highest BCUT2D eigenvalue weighted by atomic mass is 15.3. The summed E-state index contributed by atoms with van der Waals surface area (Å²) in [4.78, 5) is 4.23. The maximum atomic E-state index is 5.97.